The molecule has 1 N–H and O–H groups in total. The number of aryl methyl sites for hydroxylation is 1. The van der Waals surface area contributed by atoms with Crippen LogP contribution in [0, 0.1) is 12.8 Å². The van der Waals surface area contributed by atoms with Gasteiger partial charge in [0.25, 0.3) is 5.78 Å². The lowest BCUT2D eigenvalue weighted by Crippen LogP contribution is -2.29. The second-order valence-electron chi connectivity index (χ2n) is 11.2. The van der Waals surface area contributed by atoms with E-state index in [4.69, 9.17) is 18.9 Å². The van der Waals surface area contributed by atoms with Crippen molar-refractivity contribution in [1.82, 2.24) is 4.98 Å². The predicted molar refractivity (Wildman–Crippen MR) is 166 cm³/mol. The van der Waals surface area contributed by atoms with Gasteiger partial charge in [0, 0.05) is 12.0 Å². The van der Waals surface area contributed by atoms with Crippen molar-refractivity contribution in [3.8, 4) is 17.2 Å². The number of hydrogen-bond acceptors (Lipinski definition) is 10. The fourth-order valence-corrected chi connectivity index (χ4v) is 6.34. The molecule has 1 fully saturated rings. The molecular formula is C33H36N2O8S. The second-order valence-corrected chi connectivity index (χ2v) is 12.2. The molecule has 2 aliphatic rings. The summed E-state index contributed by atoms with van der Waals surface area (Å²) < 4.78 is 22.6. The van der Waals surface area contributed by atoms with Gasteiger partial charge in [-0.25, -0.2) is 9.78 Å². The summed E-state index contributed by atoms with van der Waals surface area (Å²) >= 11 is 0.942. The number of nitrogens with zero attached hydrogens (tertiary/aromatic N) is 2. The van der Waals surface area contributed by atoms with Gasteiger partial charge in [-0.15, -0.1) is 0 Å². The first-order valence-electron chi connectivity index (χ1n) is 14.6. The van der Waals surface area contributed by atoms with Crippen molar-refractivity contribution in [2.45, 2.75) is 59.6 Å². The number of thiazole rings is 1. The van der Waals surface area contributed by atoms with Gasteiger partial charge in [0.2, 0.25) is 0 Å². The Morgan fingerprint density at radius 3 is 2.64 bits per heavy atom. The summed E-state index contributed by atoms with van der Waals surface area (Å²) in [4.78, 5) is 45.8. The summed E-state index contributed by atoms with van der Waals surface area (Å²) in [5.74, 6) is -0.544. The Balaban J connectivity index is 1.66. The molecule has 10 nitrogen and oxygen atoms in total. The first-order valence-corrected chi connectivity index (χ1v) is 15.4. The third-order valence-electron chi connectivity index (χ3n) is 7.51. The van der Waals surface area contributed by atoms with E-state index in [2.05, 4.69) is 18.8 Å². The highest BCUT2D eigenvalue weighted by atomic mass is 32.1. The van der Waals surface area contributed by atoms with Crippen molar-refractivity contribution in [3.63, 3.8) is 0 Å². The zero-order valence-electron chi connectivity index (χ0n) is 25.6. The number of aliphatic hydroxyl groups excluding tert-OH is 1. The molecule has 0 unspecified atom stereocenters. The van der Waals surface area contributed by atoms with Crippen LogP contribution in [0.1, 0.15) is 72.2 Å². The van der Waals surface area contributed by atoms with Gasteiger partial charge in [0.1, 0.15) is 22.5 Å². The molecule has 0 aliphatic carbocycles. The van der Waals surface area contributed by atoms with Crippen molar-refractivity contribution >= 4 is 39.9 Å². The van der Waals surface area contributed by atoms with Crippen LogP contribution in [-0.2, 0) is 20.7 Å². The first kappa shape index (κ1) is 31.1. The van der Waals surface area contributed by atoms with E-state index in [9.17, 15) is 19.5 Å². The van der Waals surface area contributed by atoms with Gasteiger partial charge in [-0.2, -0.15) is 0 Å². The number of hydrogen-bond donors (Lipinski definition) is 1. The molecule has 0 bridgehead atoms. The van der Waals surface area contributed by atoms with Crippen LogP contribution in [-0.4, -0.2) is 54.2 Å². The number of carbonyl (C=O) groups is 3. The number of esters is 1. The smallest absolute Gasteiger partial charge is 0.350 e. The summed E-state index contributed by atoms with van der Waals surface area (Å²) in [5.41, 5.74) is 2.02. The Labute approximate surface area is 260 Å². The maximum Gasteiger partial charge on any atom is 0.350 e. The SMILES string of the molecule is CCOc1cc([C@@H]2C(=C(O)c3ccc4c(c3)C[C@@H](C)O4)C(=O)C(=O)N2c2nc(C)c(C(=O)OC)s2)ccc1OCCC(C)C. The Bertz CT molecular complexity index is 1640. The lowest BCUT2D eigenvalue weighted by Gasteiger charge is -2.24. The fourth-order valence-electron chi connectivity index (χ4n) is 5.32. The van der Waals surface area contributed by atoms with Gasteiger partial charge >= 0.3 is 11.9 Å². The number of aromatic nitrogens is 1. The molecule has 3 aromatic rings. The number of ketones is 1. The molecule has 3 heterocycles. The van der Waals surface area contributed by atoms with E-state index in [0.717, 1.165) is 23.3 Å². The highest BCUT2D eigenvalue weighted by Gasteiger charge is 2.49. The molecule has 2 atom stereocenters. The molecule has 44 heavy (non-hydrogen) atoms. The van der Waals surface area contributed by atoms with Crippen LogP contribution in [0.4, 0.5) is 5.13 Å². The van der Waals surface area contributed by atoms with Crippen LogP contribution in [0.3, 0.4) is 0 Å². The van der Waals surface area contributed by atoms with Crippen molar-refractivity contribution in [2.75, 3.05) is 25.2 Å². The van der Waals surface area contributed by atoms with E-state index in [-0.39, 0.29) is 27.4 Å². The normalized spacial score (nSPS) is 18.8. The third kappa shape index (κ3) is 5.88. The van der Waals surface area contributed by atoms with E-state index in [1.165, 1.54) is 12.0 Å². The number of Topliss-reactive ketones (excluding diaryl/α,β-unsaturated/α-hetero) is 1. The summed E-state index contributed by atoms with van der Waals surface area (Å²) in [7, 11) is 1.26. The molecule has 1 saturated heterocycles. The van der Waals surface area contributed by atoms with E-state index >= 15 is 0 Å². The highest BCUT2D eigenvalue weighted by molar-refractivity contribution is 7.17. The predicted octanol–water partition coefficient (Wildman–Crippen LogP) is 6.01. The van der Waals surface area contributed by atoms with Crippen LogP contribution in [0.5, 0.6) is 17.2 Å². The van der Waals surface area contributed by atoms with Crippen LogP contribution >= 0.6 is 11.3 Å². The molecule has 1 aromatic heterocycles. The standard InChI is InChI=1S/C33H36N2O8S/c1-7-41-25-16-20(8-11-24(25)42-13-12-17(2)3)27-26(28(36)21-9-10-23-22(15-21)14-18(4)43-23)29(37)31(38)35(27)33-34-19(5)30(44-33)32(39)40-6/h8-11,15-18,27,36H,7,12-14H2,1-6H3/t18-,27-/m1/s1. The number of fused-ring (bicyclic) bond motifs is 1. The highest BCUT2D eigenvalue weighted by Crippen LogP contribution is 2.46. The Morgan fingerprint density at radius 2 is 1.93 bits per heavy atom. The molecule has 2 aromatic carbocycles. The van der Waals surface area contributed by atoms with E-state index in [1.807, 2.05) is 13.8 Å². The molecule has 1 amide bonds. The maximum atomic E-state index is 13.7. The summed E-state index contributed by atoms with van der Waals surface area (Å²) in [6, 6.07) is 9.31. The van der Waals surface area contributed by atoms with Gasteiger partial charge in [0.15, 0.2) is 16.6 Å². The number of methoxy groups -OCH3 is 1. The Kier molecular flexibility index (Phi) is 8.96. The van der Waals surface area contributed by atoms with Gasteiger partial charge in [-0.05, 0) is 74.6 Å². The van der Waals surface area contributed by atoms with Crippen molar-refractivity contribution in [2.24, 2.45) is 5.92 Å². The molecule has 2 aliphatic heterocycles. The average molecular weight is 621 g/mol. The van der Waals surface area contributed by atoms with Crippen LogP contribution in [0.25, 0.3) is 5.76 Å². The zero-order valence-corrected chi connectivity index (χ0v) is 26.4. The number of anilines is 1. The van der Waals surface area contributed by atoms with Crippen LogP contribution < -0.4 is 19.1 Å². The molecule has 5 rings (SSSR count). The zero-order chi connectivity index (χ0) is 31.7. The Hall–Kier alpha value is -4.38. The molecule has 232 valence electrons. The molecule has 0 spiro atoms. The van der Waals surface area contributed by atoms with Crippen molar-refractivity contribution in [1.29, 1.82) is 0 Å². The molecule has 11 heteroatoms. The molecular weight excluding hydrogens is 584 g/mol. The van der Waals surface area contributed by atoms with E-state index in [0.29, 0.717) is 59.6 Å². The number of rotatable bonds is 10. The maximum absolute atomic E-state index is 13.7. The Morgan fingerprint density at radius 1 is 1.16 bits per heavy atom. The number of aliphatic hydroxyl groups is 1. The minimum atomic E-state index is -1.07. The van der Waals surface area contributed by atoms with Crippen LogP contribution in [0.2, 0.25) is 0 Å². The molecule has 0 radical (unpaired) electrons. The third-order valence-corrected chi connectivity index (χ3v) is 8.65. The van der Waals surface area contributed by atoms with Crippen molar-refractivity contribution in [3.05, 3.63) is 69.2 Å². The minimum absolute atomic E-state index is 0.0108. The summed E-state index contributed by atoms with van der Waals surface area (Å²) in [6.07, 6.45) is 1.49. The second kappa shape index (κ2) is 12.7. The lowest BCUT2D eigenvalue weighted by atomic mass is 9.94. The van der Waals surface area contributed by atoms with E-state index < -0.39 is 23.7 Å². The largest absolute Gasteiger partial charge is 0.507 e. The number of ether oxygens (including phenoxy) is 4. The van der Waals surface area contributed by atoms with Gasteiger partial charge in [-0.3, -0.25) is 14.5 Å². The number of benzene rings is 2. The van der Waals surface area contributed by atoms with E-state index in [1.54, 1.807) is 43.3 Å². The topological polar surface area (TPSA) is 124 Å². The van der Waals surface area contributed by atoms with Crippen molar-refractivity contribution < 1.29 is 38.4 Å². The number of amides is 1. The van der Waals surface area contributed by atoms with Crippen LogP contribution in [0.15, 0.2) is 42.0 Å². The lowest BCUT2D eigenvalue weighted by molar-refractivity contribution is -0.132. The van der Waals surface area contributed by atoms with Gasteiger partial charge in [0.05, 0.1) is 37.6 Å². The minimum Gasteiger partial charge on any atom is -0.507 e. The van der Waals surface area contributed by atoms with Gasteiger partial charge < -0.3 is 24.1 Å². The fraction of sp³-hybridized carbons (Fsp3) is 0.394. The summed E-state index contributed by atoms with van der Waals surface area (Å²) in [5, 5.41) is 11.8. The molecule has 0 saturated carbocycles. The average Bonchev–Trinajstić information content (AvgIpc) is 3.64. The first-order chi connectivity index (χ1) is 21.0. The monoisotopic (exact) mass is 620 g/mol. The number of carbonyl (C=O) groups excluding carboxylic acids is 3. The van der Waals surface area contributed by atoms with Gasteiger partial charge in [-0.1, -0.05) is 31.3 Å². The summed E-state index contributed by atoms with van der Waals surface area (Å²) in [6.45, 7) is 10.5. The quantitative estimate of drug-likeness (QED) is 0.126.